The molecule has 3 N–H and O–H groups in total. The van der Waals surface area contributed by atoms with Gasteiger partial charge in [-0.1, -0.05) is 17.7 Å². The predicted molar refractivity (Wildman–Crippen MR) is 70.7 cm³/mol. The van der Waals surface area contributed by atoms with Gasteiger partial charge in [0.1, 0.15) is 11.9 Å². The molecule has 2 rings (SSSR count). The lowest BCUT2D eigenvalue weighted by Gasteiger charge is -2.17. The number of pyridine rings is 1. The number of nitrogens with zero attached hydrogens (tertiary/aromatic N) is 1. The number of nitrogen functional groups attached to an aromatic ring is 1. The lowest BCUT2D eigenvalue weighted by Crippen LogP contribution is -2.06. The molecule has 0 saturated carbocycles. The van der Waals surface area contributed by atoms with Crippen LogP contribution in [0.4, 0.5) is 5.69 Å². The minimum atomic E-state index is -0.970. The van der Waals surface area contributed by atoms with Gasteiger partial charge in [-0.05, 0) is 18.2 Å². The number of anilines is 1. The molecule has 0 aliphatic carbocycles. The number of methoxy groups -OCH3 is 1. The van der Waals surface area contributed by atoms with Crippen LogP contribution in [0.3, 0.4) is 0 Å². The van der Waals surface area contributed by atoms with Gasteiger partial charge in [-0.2, -0.15) is 0 Å². The molecule has 0 amide bonds. The summed E-state index contributed by atoms with van der Waals surface area (Å²) in [5, 5.41) is 10.8. The molecule has 1 aromatic heterocycles. The summed E-state index contributed by atoms with van der Waals surface area (Å²) < 4.78 is 5.20. The van der Waals surface area contributed by atoms with Crippen molar-refractivity contribution >= 4 is 17.3 Å². The number of hydrogen-bond donors (Lipinski definition) is 2. The molecule has 0 aliphatic heterocycles. The van der Waals surface area contributed by atoms with Gasteiger partial charge < -0.3 is 15.6 Å². The van der Waals surface area contributed by atoms with E-state index in [4.69, 9.17) is 22.1 Å². The van der Waals surface area contributed by atoms with E-state index < -0.39 is 6.10 Å². The predicted octanol–water partition coefficient (Wildman–Crippen LogP) is 2.41. The maximum absolute atomic E-state index is 10.4. The van der Waals surface area contributed by atoms with Gasteiger partial charge in [-0.3, -0.25) is 4.98 Å². The summed E-state index contributed by atoms with van der Waals surface area (Å²) in [6.07, 6.45) is 2.11. The standard InChI is InChI=1S/C13H13ClN2O2/c1-18-11-4-2-3-9(14)12(11)13(17)8-7-16-6-5-10(8)15/h2-7,13,17H,1H3,(H2,15,16). The van der Waals surface area contributed by atoms with Crippen molar-refractivity contribution in [1.82, 2.24) is 4.98 Å². The number of aliphatic hydroxyl groups excluding tert-OH is 1. The molecule has 0 saturated heterocycles. The fourth-order valence-electron chi connectivity index (χ4n) is 1.76. The fraction of sp³-hybridized carbons (Fsp3) is 0.154. The zero-order valence-electron chi connectivity index (χ0n) is 9.80. The quantitative estimate of drug-likeness (QED) is 0.893. The molecule has 0 spiro atoms. The Hall–Kier alpha value is -1.78. The minimum Gasteiger partial charge on any atom is -0.496 e. The van der Waals surface area contributed by atoms with Crippen LogP contribution >= 0.6 is 11.6 Å². The van der Waals surface area contributed by atoms with E-state index >= 15 is 0 Å². The van der Waals surface area contributed by atoms with Gasteiger partial charge in [-0.25, -0.2) is 0 Å². The zero-order valence-corrected chi connectivity index (χ0v) is 10.6. The van der Waals surface area contributed by atoms with Gasteiger partial charge in [0.15, 0.2) is 0 Å². The van der Waals surface area contributed by atoms with Crippen molar-refractivity contribution in [3.8, 4) is 5.75 Å². The number of hydrogen-bond acceptors (Lipinski definition) is 4. The Morgan fingerprint density at radius 1 is 1.39 bits per heavy atom. The molecule has 1 unspecified atom stereocenters. The van der Waals surface area contributed by atoms with Crippen LogP contribution in [0.25, 0.3) is 0 Å². The number of aromatic nitrogens is 1. The molecule has 1 atom stereocenters. The van der Waals surface area contributed by atoms with Crippen LogP contribution in [0.15, 0.2) is 36.7 Å². The summed E-state index contributed by atoms with van der Waals surface area (Å²) in [6.45, 7) is 0. The van der Waals surface area contributed by atoms with Crippen molar-refractivity contribution in [1.29, 1.82) is 0 Å². The van der Waals surface area contributed by atoms with E-state index in [1.807, 2.05) is 0 Å². The molecule has 94 valence electrons. The van der Waals surface area contributed by atoms with Gasteiger partial charge in [0.05, 0.1) is 12.1 Å². The third-order valence-electron chi connectivity index (χ3n) is 2.69. The molecule has 1 heterocycles. The highest BCUT2D eigenvalue weighted by molar-refractivity contribution is 6.31. The summed E-state index contributed by atoms with van der Waals surface area (Å²) in [5.74, 6) is 0.512. The summed E-state index contributed by atoms with van der Waals surface area (Å²) in [7, 11) is 1.52. The normalized spacial score (nSPS) is 12.2. The van der Waals surface area contributed by atoms with E-state index in [2.05, 4.69) is 4.98 Å². The molecule has 18 heavy (non-hydrogen) atoms. The first kappa shape index (κ1) is 12.7. The monoisotopic (exact) mass is 264 g/mol. The van der Waals surface area contributed by atoms with E-state index in [1.165, 1.54) is 13.3 Å². The average molecular weight is 265 g/mol. The van der Waals surface area contributed by atoms with Crippen LogP contribution in [0.5, 0.6) is 5.75 Å². The van der Waals surface area contributed by atoms with Gasteiger partial charge in [-0.15, -0.1) is 0 Å². The second-order valence-electron chi connectivity index (χ2n) is 3.76. The number of benzene rings is 1. The first-order valence-electron chi connectivity index (χ1n) is 5.35. The van der Waals surface area contributed by atoms with E-state index in [0.29, 0.717) is 27.6 Å². The molecule has 2 aromatic rings. The number of halogens is 1. The molecule has 4 nitrogen and oxygen atoms in total. The van der Waals surface area contributed by atoms with Crippen molar-refractivity contribution in [2.45, 2.75) is 6.10 Å². The van der Waals surface area contributed by atoms with Crippen LogP contribution in [-0.4, -0.2) is 17.2 Å². The fourth-order valence-corrected chi connectivity index (χ4v) is 2.03. The second kappa shape index (κ2) is 5.25. The maximum atomic E-state index is 10.4. The molecular formula is C13H13ClN2O2. The van der Waals surface area contributed by atoms with Crippen LogP contribution in [0.1, 0.15) is 17.2 Å². The molecule has 0 aliphatic rings. The molecule has 1 aromatic carbocycles. The van der Waals surface area contributed by atoms with E-state index in [9.17, 15) is 5.11 Å². The van der Waals surface area contributed by atoms with Gasteiger partial charge in [0, 0.05) is 29.2 Å². The molecule has 0 radical (unpaired) electrons. The minimum absolute atomic E-state index is 0.421. The summed E-state index contributed by atoms with van der Waals surface area (Å²) in [6, 6.07) is 6.80. The lowest BCUT2D eigenvalue weighted by molar-refractivity contribution is 0.215. The van der Waals surface area contributed by atoms with Crippen LogP contribution < -0.4 is 10.5 Å². The third-order valence-corrected chi connectivity index (χ3v) is 3.02. The number of aliphatic hydroxyl groups is 1. The summed E-state index contributed by atoms with van der Waals surface area (Å²) in [4.78, 5) is 3.95. The number of nitrogens with two attached hydrogens (primary N) is 1. The highest BCUT2D eigenvalue weighted by Gasteiger charge is 2.20. The van der Waals surface area contributed by atoms with Crippen LogP contribution in [0.2, 0.25) is 5.02 Å². The maximum Gasteiger partial charge on any atom is 0.126 e. The van der Waals surface area contributed by atoms with E-state index in [-0.39, 0.29) is 0 Å². The Morgan fingerprint density at radius 3 is 2.83 bits per heavy atom. The van der Waals surface area contributed by atoms with Crippen molar-refractivity contribution in [3.63, 3.8) is 0 Å². The highest BCUT2D eigenvalue weighted by Crippen LogP contribution is 2.36. The molecule has 0 fully saturated rings. The molecular weight excluding hydrogens is 252 g/mol. The third kappa shape index (κ3) is 2.25. The Bertz CT molecular complexity index is 560. The Kier molecular flexibility index (Phi) is 3.69. The molecule has 5 heteroatoms. The SMILES string of the molecule is COc1cccc(Cl)c1C(O)c1cnccc1N. The smallest absolute Gasteiger partial charge is 0.126 e. The summed E-state index contributed by atoms with van der Waals surface area (Å²) >= 11 is 6.10. The molecule has 0 bridgehead atoms. The average Bonchev–Trinajstić information content (AvgIpc) is 2.38. The van der Waals surface area contributed by atoms with Crippen LogP contribution in [0, 0.1) is 0 Å². The first-order chi connectivity index (χ1) is 8.65. The second-order valence-corrected chi connectivity index (χ2v) is 4.17. The van der Waals surface area contributed by atoms with Gasteiger partial charge in [0.25, 0.3) is 0 Å². The highest BCUT2D eigenvalue weighted by atomic mass is 35.5. The van der Waals surface area contributed by atoms with E-state index in [1.54, 1.807) is 30.5 Å². The zero-order chi connectivity index (χ0) is 13.1. The number of rotatable bonds is 3. The van der Waals surface area contributed by atoms with E-state index in [0.717, 1.165) is 0 Å². The van der Waals surface area contributed by atoms with Crippen molar-refractivity contribution in [2.75, 3.05) is 12.8 Å². The van der Waals surface area contributed by atoms with Crippen molar-refractivity contribution in [3.05, 3.63) is 52.8 Å². The topological polar surface area (TPSA) is 68.4 Å². The van der Waals surface area contributed by atoms with Gasteiger partial charge >= 0.3 is 0 Å². The number of ether oxygens (including phenoxy) is 1. The lowest BCUT2D eigenvalue weighted by atomic mass is 10.0. The van der Waals surface area contributed by atoms with Gasteiger partial charge in [0.2, 0.25) is 0 Å². The van der Waals surface area contributed by atoms with Crippen molar-refractivity contribution in [2.24, 2.45) is 0 Å². The first-order valence-corrected chi connectivity index (χ1v) is 5.72. The Morgan fingerprint density at radius 2 is 2.17 bits per heavy atom. The summed E-state index contributed by atoms with van der Waals surface area (Å²) in [5.41, 5.74) is 7.27. The van der Waals surface area contributed by atoms with Crippen LogP contribution in [-0.2, 0) is 0 Å². The van der Waals surface area contributed by atoms with Crippen molar-refractivity contribution < 1.29 is 9.84 Å². The Balaban J connectivity index is 2.52. The Labute approximate surface area is 110 Å². The largest absolute Gasteiger partial charge is 0.496 e.